The van der Waals surface area contributed by atoms with Gasteiger partial charge in [-0.1, -0.05) is 18.2 Å². The molecule has 136 valence electrons. The highest BCUT2D eigenvalue weighted by atomic mass is 19.3. The van der Waals surface area contributed by atoms with Crippen LogP contribution >= 0.6 is 0 Å². The summed E-state index contributed by atoms with van der Waals surface area (Å²) in [6, 6.07) is 16.3. The van der Waals surface area contributed by atoms with E-state index in [1.54, 1.807) is 12.1 Å². The second kappa shape index (κ2) is 6.68. The van der Waals surface area contributed by atoms with E-state index in [1.165, 1.54) is 12.1 Å². The van der Waals surface area contributed by atoms with Gasteiger partial charge in [0.1, 0.15) is 11.4 Å². The van der Waals surface area contributed by atoms with Crippen LogP contribution in [0.2, 0.25) is 0 Å². The van der Waals surface area contributed by atoms with Crippen molar-refractivity contribution < 1.29 is 23.2 Å². The van der Waals surface area contributed by atoms with Gasteiger partial charge in [-0.2, -0.15) is 8.78 Å². The molecule has 4 rings (SSSR count). The van der Waals surface area contributed by atoms with Crippen molar-refractivity contribution in [3.05, 3.63) is 60.2 Å². The van der Waals surface area contributed by atoms with Crippen molar-refractivity contribution in [2.45, 2.75) is 31.6 Å². The summed E-state index contributed by atoms with van der Waals surface area (Å²) in [5.74, 6) is 1.20. The summed E-state index contributed by atoms with van der Waals surface area (Å²) in [7, 11) is 0. The zero-order valence-corrected chi connectivity index (χ0v) is 14.3. The SMILES string of the molecule is OC1(c2ccc(OC(F)F)cc2)CN(c2ccccc2)C2=[N+]1CCCC2. The minimum Gasteiger partial charge on any atom is -0.435 e. The number of para-hydroxylation sites is 1. The number of amidine groups is 1. The molecule has 0 amide bonds. The Hall–Kier alpha value is -2.47. The van der Waals surface area contributed by atoms with Crippen LogP contribution in [0.15, 0.2) is 54.6 Å². The largest absolute Gasteiger partial charge is 0.435 e. The standard InChI is InChI=1S/C20H21F2N2O2/c21-19(22)26-17-11-9-15(10-12-17)20(25)14-23(16-6-2-1-3-7-16)18-8-4-5-13-24(18)20/h1-3,6-7,9-12,19,25H,4-5,8,13-14H2/q+1. The monoisotopic (exact) mass is 359 g/mol. The van der Waals surface area contributed by atoms with Crippen LogP contribution in [0.4, 0.5) is 14.5 Å². The number of rotatable bonds is 4. The molecule has 2 aromatic carbocycles. The van der Waals surface area contributed by atoms with Crippen molar-refractivity contribution in [1.29, 1.82) is 0 Å². The fourth-order valence-corrected chi connectivity index (χ4v) is 3.89. The summed E-state index contributed by atoms with van der Waals surface area (Å²) >= 11 is 0. The summed E-state index contributed by atoms with van der Waals surface area (Å²) in [4.78, 5) is 2.16. The Morgan fingerprint density at radius 3 is 2.46 bits per heavy atom. The molecular weight excluding hydrogens is 338 g/mol. The Bertz CT molecular complexity index is 808. The van der Waals surface area contributed by atoms with Gasteiger partial charge in [0, 0.05) is 12.0 Å². The lowest BCUT2D eigenvalue weighted by molar-refractivity contribution is -0.661. The molecule has 0 saturated carbocycles. The highest BCUT2D eigenvalue weighted by Gasteiger charge is 2.52. The van der Waals surface area contributed by atoms with Crippen LogP contribution in [-0.2, 0) is 5.72 Å². The lowest BCUT2D eigenvalue weighted by Crippen LogP contribution is -2.41. The fraction of sp³-hybridized carbons (Fsp3) is 0.350. The molecule has 0 saturated heterocycles. The lowest BCUT2D eigenvalue weighted by atomic mass is 10.0. The first-order valence-electron chi connectivity index (χ1n) is 8.82. The van der Waals surface area contributed by atoms with Gasteiger partial charge in [-0.25, -0.2) is 9.48 Å². The van der Waals surface area contributed by atoms with E-state index in [0.717, 1.165) is 37.3 Å². The van der Waals surface area contributed by atoms with E-state index >= 15 is 0 Å². The van der Waals surface area contributed by atoms with Crippen LogP contribution in [0.3, 0.4) is 0 Å². The van der Waals surface area contributed by atoms with E-state index in [0.29, 0.717) is 12.1 Å². The van der Waals surface area contributed by atoms with Gasteiger partial charge < -0.3 is 9.84 Å². The van der Waals surface area contributed by atoms with Gasteiger partial charge in [-0.05, 0) is 49.2 Å². The first-order chi connectivity index (χ1) is 12.6. The molecule has 0 bridgehead atoms. The molecular formula is C20H21F2N2O2+. The number of hydrogen-bond acceptors (Lipinski definition) is 3. The molecule has 26 heavy (non-hydrogen) atoms. The molecule has 1 unspecified atom stereocenters. The third-order valence-electron chi connectivity index (χ3n) is 5.09. The average Bonchev–Trinajstić information content (AvgIpc) is 2.97. The van der Waals surface area contributed by atoms with E-state index in [-0.39, 0.29) is 5.75 Å². The molecule has 0 aromatic heterocycles. The average molecular weight is 359 g/mol. The van der Waals surface area contributed by atoms with E-state index in [2.05, 4.69) is 9.64 Å². The summed E-state index contributed by atoms with van der Waals surface area (Å²) in [5, 5.41) is 11.5. The zero-order chi connectivity index (χ0) is 18.1. The second-order valence-electron chi connectivity index (χ2n) is 6.67. The van der Waals surface area contributed by atoms with E-state index in [4.69, 9.17) is 0 Å². The Labute approximate surface area is 151 Å². The molecule has 0 fully saturated rings. The number of anilines is 1. The Morgan fingerprint density at radius 1 is 1.04 bits per heavy atom. The summed E-state index contributed by atoms with van der Waals surface area (Å²) in [6.07, 6.45) is 3.01. The van der Waals surface area contributed by atoms with E-state index in [9.17, 15) is 13.9 Å². The molecule has 0 radical (unpaired) electrons. The molecule has 1 N–H and O–H groups in total. The van der Waals surface area contributed by atoms with Crippen LogP contribution in [0.25, 0.3) is 0 Å². The van der Waals surface area contributed by atoms with Gasteiger partial charge >= 0.3 is 6.61 Å². The predicted molar refractivity (Wildman–Crippen MR) is 94.7 cm³/mol. The molecule has 0 aliphatic carbocycles. The van der Waals surface area contributed by atoms with Crippen molar-refractivity contribution in [3.63, 3.8) is 0 Å². The van der Waals surface area contributed by atoms with Crippen LogP contribution in [-0.4, -0.2) is 35.2 Å². The second-order valence-corrected chi connectivity index (χ2v) is 6.67. The van der Waals surface area contributed by atoms with Crippen LogP contribution in [0.1, 0.15) is 24.8 Å². The number of aliphatic hydroxyl groups is 1. The molecule has 2 aliphatic rings. The Morgan fingerprint density at radius 2 is 1.77 bits per heavy atom. The fourth-order valence-electron chi connectivity index (χ4n) is 3.89. The van der Waals surface area contributed by atoms with Gasteiger partial charge in [0.05, 0.1) is 6.54 Å². The Kier molecular flexibility index (Phi) is 4.36. The number of alkyl halides is 2. The quantitative estimate of drug-likeness (QED) is 0.848. The maximum atomic E-state index is 12.4. The minimum atomic E-state index is -2.86. The number of ether oxygens (including phenoxy) is 1. The number of β-amino-alcohol motifs (C(OH)–C–C–N with tert-alkyl or cyclic N) is 1. The van der Waals surface area contributed by atoms with Gasteiger partial charge in [-0.15, -0.1) is 0 Å². The highest BCUT2D eigenvalue weighted by Crippen LogP contribution is 2.36. The Balaban J connectivity index is 1.70. The topological polar surface area (TPSA) is 35.7 Å². The van der Waals surface area contributed by atoms with Gasteiger partial charge in [0.2, 0.25) is 0 Å². The van der Waals surface area contributed by atoms with Crippen molar-refractivity contribution in [1.82, 2.24) is 0 Å². The molecule has 2 aromatic rings. The molecule has 6 heteroatoms. The summed E-state index contributed by atoms with van der Waals surface area (Å²) in [5.41, 5.74) is 0.537. The highest BCUT2D eigenvalue weighted by molar-refractivity contribution is 5.96. The number of hydrogen-bond donors (Lipinski definition) is 1. The van der Waals surface area contributed by atoms with Crippen LogP contribution in [0, 0.1) is 0 Å². The number of benzene rings is 2. The first kappa shape index (κ1) is 17.0. The van der Waals surface area contributed by atoms with Gasteiger partial charge in [-0.3, -0.25) is 0 Å². The van der Waals surface area contributed by atoms with Crippen LogP contribution in [0.5, 0.6) is 5.75 Å². The molecule has 4 nitrogen and oxygen atoms in total. The molecule has 2 heterocycles. The lowest BCUT2D eigenvalue weighted by Gasteiger charge is -2.24. The molecule has 2 aliphatic heterocycles. The van der Waals surface area contributed by atoms with Crippen LogP contribution < -0.4 is 9.64 Å². The van der Waals surface area contributed by atoms with E-state index in [1.807, 2.05) is 34.9 Å². The van der Waals surface area contributed by atoms with Crippen molar-refractivity contribution in [3.8, 4) is 5.75 Å². The van der Waals surface area contributed by atoms with E-state index < -0.39 is 12.3 Å². The first-order valence-corrected chi connectivity index (χ1v) is 8.82. The maximum absolute atomic E-state index is 12.4. The molecule has 0 spiro atoms. The summed E-state index contributed by atoms with van der Waals surface area (Å²) in [6.45, 7) is -1.68. The zero-order valence-electron chi connectivity index (χ0n) is 14.3. The van der Waals surface area contributed by atoms with Gasteiger partial charge in [0.25, 0.3) is 11.6 Å². The minimum absolute atomic E-state index is 0.0908. The van der Waals surface area contributed by atoms with Gasteiger partial charge in [0.15, 0.2) is 6.54 Å². The summed E-state index contributed by atoms with van der Waals surface area (Å²) < 4.78 is 31.2. The number of nitrogens with zero attached hydrogens (tertiary/aromatic N) is 2. The third-order valence-corrected chi connectivity index (χ3v) is 5.09. The smallest absolute Gasteiger partial charge is 0.387 e. The predicted octanol–water partition coefficient (Wildman–Crippen LogP) is 3.55. The maximum Gasteiger partial charge on any atom is 0.387 e. The third kappa shape index (κ3) is 2.94. The van der Waals surface area contributed by atoms with Crippen molar-refractivity contribution in [2.24, 2.45) is 0 Å². The number of halogens is 2. The normalized spacial score (nSPS) is 22.7. The van der Waals surface area contributed by atoms with Crippen molar-refractivity contribution >= 4 is 11.5 Å². The molecule has 1 atom stereocenters. The van der Waals surface area contributed by atoms with Crippen molar-refractivity contribution in [2.75, 3.05) is 18.0 Å².